The van der Waals surface area contributed by atoms with Crippen LogP contribution < -0.4 is 4.74 Å². The van der Waals surface area contributed by atoms with E-state index >= 15 is 0 Å². The molecule has 0 saturated carbocycles. The van der Waals surface area contributed by atoms with Crippen LogP contribution in [0.3, 0.4) is 0 Å². The fourth-order valence-electron chi connectivity index (χ4n) is 4.54. The predicted molar refractivity (Wildman–Crippen MR) is 117 cm³/mol. The van der Waals surface area contributed by atoms with Crippen LogP contribution in [0.5, 0.6) is 5.75 Å². The third kappa shape index (κ3) is 3.87. The maximum Gasteiger partial charge on any atom is 0.122 e. The van der Waals surface area contributed by atoms with Gasteiger partial charge in [-0.15, -0.1) is 12.4 Å². The highest BCUT2D eigenvalue weighted by Crippen LogP contribution is 2.42. The summed E-state index contributed by atoms with van der Waals surface area (Å²) in [5.41, 5.74) is 5.77. The van der Waals surface area contributed by atoms with Crippen LogP contribution >= 0.6 is 12.4 Å². The van der Waals surface area contributed by atoms with E-state index < -0.39 is 0 Å². The molecule has 1 fully saturated rings. The highest BCUT2D eigenvalue weighted by molar-refractivity contribution is 5.85. The Balaban J connectivity index is 0.00000205. The van der Waals surface area contributed by atoms with E-state index in [1.807, 2.05) is 24.3 Å². The lowest BCUT2D eigenvalue weighted by molar-refractivity contribution is 0.212. The van der Waals surface area contributed by atoms with Crippen LogP contribution in [-0.2, 0) is 6.54 Å². The summed E-state index contributed by atoms with van der Waals surface area (Å²) >= 11 is 0. The number of ether oxygens (including phenoxy) is 1. The van der Waals surface area contributed by atoms with Gasteiger partial charge in [0.2, 0.25) is 0 Å². The highest BCUT2D eigenvalue weighted by atomic mass is 35.5. The summed E-state index contributed by atoms with van der Waals surface area (Å²) in [6.07, 6.45) is 0. The van der Waals surface area contributed by atoms with Gasteiger partial charge < -0.3 is 4.74 Å². The molecule has 0 bridgehead atoms. The second kappa shape index (κ2) is 8.29. The van der Waals surface area contributed by atoms with E-state index in [9.17, 15) is 5.26 Å². The average molecular weight is 403 g/mol. The number of hydrogen-bond donors (Lipinski definition) is 0. The largest absolute Gasteiger partial charge is 0.493 e. The summed E-state index contributed by atoms with van der Waals surface area (Å²) in [6, 6.07) is 27.5. The van der Waals surface area contributed by atoms with Gasteiger partial charge in [-0.2, -0.15) is 5.26 Å². The smallest absolute Gasteiger partial charge is 0.122 e. The lowest BCUT2D eigenvalue weighted by Crippen LogP contribution is -2.25. The Hall–Kier alpha value is -2.80. The SMILES string of the molecule is Cl.N#Cc1ccc2c(c1)[C@@H]1CN(Cc3ccc(-c4ccccc4)cc3)C[C@H]1CO2. The first kappa shape index (κ1) is 19.5. The number of likely N-dealkylation sites (tertiary alicyclic amines) is 1. The van der Waals surface area contributed by atoms with Crippen LogP contribution in [0, 0.1) is 17.2 Å². The molecule has 2 heterocycles. The molecular formula is C25H23ClN2O. The van der Waals surface area contributed by atoms with E-state index in [0.29, 0.717) is 11.8 Å². The molecule has 0 radical (unpaired) electrons. The fraction of sp³-hybridized carbons (Fsp3) is 0.240. The summed E-state index contributed by atoms with van der Waals surface area (Å²) in [4.78, 5) is 2.52. The van der Waals surface area contributed by atoms with Crippen LogP contribution in [0.2, 0.25) is 0 Å². The van der Waals surface area contributed by atoms with Gasteiger partial charge in [0.15, 0.2) is 0 Å². The second-order valence-electron chi connectivity index (χ2n) is 7.80. The number of nitrogens with zero attached hydrogens (tertiary/aromatic N) is 2. The van der Waals surface area contributed by atoms with E-state index in [2.05, 4.69) is 59.5 Å². The van der Waals surface area contributed by atoms with Crippen molar-refractivity contribution in [1.82, 2.24) is 4.90 Å². The second-order valence-corrected chi connectivity index (χ2v) is 7.80. The molecule has 0 spiro atoms. The molecule has 0 aromatic heterocycles. The molecule has 0 N–H and O–H groups in total. The predicted octanol–water partition coefficient (Wildman–Crippen LogP) is 5.26. The van der Waals surface area contributed by atoms with Crippen LogP contribution in [0.4, 0.5) is 0 Å². The molecule has 2 atom stereocenters. The third-order valence-corrected chi connectivity index (χ3v) is 5.98. The maximum atomic E-state index is 9.23. The zero-order valence-electron chi connectivity index (χ0n) is 16.1. The zero-order valence-corrected chi connectivity index (χ0v) is 16.9. The molecule has 0 amide bonds. The first-order valence-corrected chi connectivity index (χ1v) is 9.84. The molecule has 1 saturated heterocycles. The minimum Gasteiger partial charge on any atom is -0.493 e. The van der Waals surface area contributed by atoms with Crippen LogP contribution in [0.1, 0.15) is 22.6 Å². The molecule has 4 heteroatoms. The van der Waals surface area contributed by atoms with E-state index in [-0.39, 0.29) is 12.4 Å². The number of rotatable bonds is 3. The Morgan fingerprint density at radius 1 is 0.931 bits per heavy atom. The average Bonchev–Trinajstić information content (AvgIpc) is 3.17. The molecule has 2 aliphatic heterocycles. The van der Waals surface area contributed by atoms with Gasteiger partial charge in [0.05, 0.1) is 18.2 Å². The molecule has 2 aliphatic rings. The van der Waals surface area contributed by atoms with Crippen molar-refractivity contribution < 1.29 is 4.74 Å². The van der Waals surface area contributed by atoms with E-state index in [1.54, 1.807) is 0 Å². The standard InChI is InChI=1S/C25H22N2O.ClH/c26-13-19-8-11-25-23(12-19)24-16-27(15-22(24)17-28-25)14-18-6-9-21(10-7-18)20-4-2-1-3-5-20;/h1-12,22,24H,14-17H2;1H/t22-,24+;/m0./s1. The lowest BCUT2D eigenvalue weighted by Gasteiger charge is -2.27. The molecule has 3 nitrogen and oxygen atoms in total. The molecule has 0 unspecified atom stereocenters. The molecule has 146 valence electrons. The Morgan fingerprint density at radius 2 is 1.69 bits per heavy atom. The Morgan fingerprint density at radius 3 is 2.45 bits per heavy atom. The molecule has 5 rings (SSSR count). The zero-order chi connectivity index (χ0) is 18.9. The summed E-state index contributed by atoms with van der Waals surface area (Å²) in [5.74, 6) is 1.92. The van der Waals surface area contributed by atoms with Crippen molar-refractivity contribution in [1.29, 1.82) is 5.26 Å². The fourth-order valence-corrected chi connectivity index (χ4v) is 4.54. The van der Waals surface area contributed by atoms with Gasteiger partial charge in [-0.3, -0.25) is 4.90 Å². The van der Waals surface area contributed by atoms with Crippen molar-refractivity contribution in [2.24, 2.45) is 5.92 Å². The third-order valence-electron chi connectivity index (χ3n) is 5.98. The monoisotopic (exact) mass is 402 g/mol. The first-order chi connectivity index (χ1) is 13.8. The van der Waals surface area contributed by atoms with Crippen molar-refractivity contribution in [2.45, 2.75) is 12.5 Å². The summed E-state index contributed by atoms with van der Waals surface area (Å²) < 4.78 is 5.96. The normalized spacial score (nSPS) is 20.0. The number of nitriles is 1. The summed E-state index contributed by atoms with van der Waals surface area (Å²) in [7, 11) is 0. The van der Waals surface area contributed by atoms with Crippen molar-refractivity contribution in [2.75, 3.05) is 19.7 Å². The van der Waals surface area contributed by atoms with Crippen LogP contribution in [0.15, 0.2) is 72.8 Å². The quantitative estimate of drug-likeness (QED) is 0.599. The molecular weight excluding hydrogens is 380 g/mol. The first-order valence-electron chi connectivity index (χ1n) is 9.84. The van der Waals surface area contributed by atoms with Crippen LogP contribution in [0.25, 0.3) is 11.1 Å². The molecule has 0 aliphatic carbocycles. The van der Waals surface area contributed by atoms with Gasteiger partial charge in [0.1, 0.15) is 5.75 Å². The number of fused-ring (bicyclic) bond motifs is 3. The van der Waals surface area contributed by atoms with Crippen molar-refractivity contribution in [3.63, 3.8) is 0 Å². The van der Waals surface area contributed by atoms with Gasteiger partial charge in [0, 0.05) is 37.0 Å². The Kier molecular flexibility index (Phi) is 5.58. The number of halogens is 1. The number of hydrogen-bond acceptors (Lipinski definition) is 3. The molecule has 3 aromatic carbocycles. The van der Waals surface area contributed by atoms with Crippen molar-refractivity contribution in [3.8, 4) is 22.9 Å². The lowest BCUT2D eigenvalue weighted by atomic mass is 9.86. The van der Waals surface area contributed by atoms with E-state index in [0.717, 1.165) is 37.6 Å². The minimum atomic E-state index is 0. The minimum absolute atomic E-state index is 0. The van der Waals surface area contributed by atoms with Crippen LogP contribution in [-0.4, -0.2) is 24.6 Å². The van der Waals surface area contributed by atoms with Gasteiger partial charge in [-0.05, 0) is 34.9 Å². The Labute approximate surface area is 178 Å². The Bertz CT molecular complexity index is 1030. The molecule has 29 heavy (non-hydrogen) atoms. The molecule has 3 aromatic rings. The number of benzene rings is 3. The highest BCUT2D eigenvalue weighted by Gasteiger charge is 2.38. The topological polar surface area (TPSA) is 36.3 Å². The van der Waals surface area contributed by atoms with Crippen molar-refractivity contribution in [3.05, 3.63) is 89.5 Å². The van der Waals surface area contributed by atoms with E-state index in [1.165, 1.54) is 22.3 Å². The summed E-state index contributed by atoms with van der Waals surface area (Å²) in [6.45, 7) is 3.79. The van der Waals surface area contributed by atoms with E-state index in [4.69, 9.17) is 4.74 Å². The maximum absolute atomic E-state index is 9.23. The van der Waals surface area contributed by atoms with Crippen molar-refractivity contribution >= 4 is 12.4 Å². The van der Waals surface area contributed by atoms with Gasteiger partial charge in [0.25, 0.3) is 0 Å². The van der Waals surface area contributed by atoms with Gasteiger partial charge in [-0.25, -0.2) is 0 Å². The van der Waals surface area contributed by atoms with Gasteiger partial charge in [-0.1, -0.05) is 54.6 Å². The summed E-state index contributed by atoms with van der Waals surface area (Å²) in [5, 5.41) is 9.23. The van der Waals surface area contributed by atoms with Gasteiger partial charge >= 0.3 is 0 Å².